The standard InChI is InChI=1S/C22H27N3O/c1-15-9-10-16(2)18(12-15)21(26)14-25-11-5-6-17(13-25)22-23-19-7-3-4-8-20(19)24-22/h3-4,7-10,12,17,21,26H,5-6,11,13-14H2,1-2H3,(H,23,24)/t17-,21-/m1/s1. The molecule has 2 N–H and O–H groups in total. The van der Waals surface area contributed by atoms with Crippen LogP contribution in [-0.4, -0.2) is 39.6 Å². The van der Waals surface area contributed by atoms with Crippen LogP contribution in [0.4, 0.5) is 0 Å². The van der Waals surface area contributed by atoms with Crippen LogP contribution in [0, 0.1) is 13.8 Å². The van der Waals surface area contributed by atoms with Gasteiger partial charge in [-0.1, -0.05) is 35.9 Å². The Morgan fingerprint density at radius 1 is 1.23 bits per heavy atom. The van der Waals surface area contributed by atoms with Gasteiger partial charge in [0.25, 0.3) is 0 Å². The van der Waals surface area contributed by atoms with Crippen LogP contribution in [-0.2, 0) is 0 Å². The zero-order valence-corrected chi connectivity index (χ0v) is 15.6. The normalized spacial score (nSPS) is 19.7. The fourth-order valence-electron chi connectivity index (χ4n) is 4.07. The van der Waals surface area contributed by atoms with E-state index in [0.29, 0.717) is 12.5 Å². The predicted molar refractivity (Wildman–Crippen MR) is 105 cm³/mol. The first-order valence-electron chi connectivity index (χ1n) is 9.52. The molecule has 26 heavy (non-hydrogen) atoms. The summed E-state index contributed by atoms with van der Waals surface area (Å²) in [6.45, 7) is 6.82. The summed E-state index contributed by atoms with van der Waals surface area (Å²) in [5.74, 6) is 1.49. The SMILES string of the molecule is Cc1ccc(C)c([C@H](O)CN2CCC[C@@H](c3nc4ccccc4[nH]3)C2)c1. The molecule has 1 saturated heterocycles. The number of para-hydroxylation sites is 2. The van der Waals surface area contributed by atoms with Crippen molar-refractivity contribution in [1.82, 2.24) is 14.9 Å². The van der Waals surface area contributed by atoms with E-state index in [9.17, 15) is 5.11 Å². The van der Waals surface area contributed by atoms with Crippen molar-refractivity contribution in [3.05, 3.63) is 65.0 Å². The van der Waals surface area contributed by atoms with E-state index in [1.807, 2.05) is 12.1 Å². The van der Waals surface area contributed by atoms with E-state index in [4.69, 9.17) is 4.98 Å². The lowest BCUT2D eigenvalue weighted by Crippen LogP contribution is -2.37. The van der Waals surface area contributed by atoms with E-state index >= 15 is 0 Å². The summed E-state index contributed by atoms with van der Waals surface area (Å²) in [7, 11) is 0. The maximum absolute atomic E-state index is 10.8. The Morgan fingerprint density at radius 3 is 2.92 bits per heavy atom. The molecule has 4 rings (SSSR count). The number of aliphatic hydroxyl groups excluding tert-OH is 1. The van der Waals surface area contributed by atoms with Crippen molar-refractivity contribution in [2.24, 2.45) is 0 Å². The number of aryl methyl sites for hydroxylation is 2. The molecule has 2 heterocycles. The number of piperidine rings is 1. The zero-order valence-electron chi connectivity index (χ0n) is 15.6. The molecular formula is C22H27N3O. The fourth-order valence-corrected chi connectivity index (χ4v) is 4.07. The average molecular weight is 349 g/mol. The van der Waals surface area contributed by atoms with Gasteiger partial charge in [0.05, 0.1) is 17.1 Å². The second-order valence-corrected chi connectivity index (χ2v) is 7.61. The fraction of sp³-hybridized carbons (Fsp3) is 0.409. The molecule has 0 spiro atoms. The van der Waals surface area contributed by atoms with E-state index in [1.165, 1.54) is 5.56 Å². The molecule has 1 aliphatic heterocycles. The van der Waals surface area contributed by atoms with Crippen molar-refractivity contribution in [3.8, 4) is 0 Å². The van der Waals surface area contributed by atoms with Crippen LogP contribution in [0.5, 0.6) is 0 Å². The first kappa shape index (κ1) is 17.3. The molecule has 1 aliphatic rings. The van der Waals surface area contributed by atoms with Crippen molar-refractivity contribution in [1.29, 1.82) is 0 Å². The highest BCUT2D eigenvalue weighted by Crippen LogP contribution is 2.28. The number of β-amino-alcohol motifs (C(OH)–C–C–N with tert-alkyl or cyclic N) is 1. The van der Waals surface area contributed by atoms with Crippen LogP contribution in [0.2, 0.25) is 0 Å². The molecule has 136 valence electrons. The number of hydrogen-bond acceptors (Lipinski definition) is 3. The molecule has 4 heteroatoms. The molecule has 0 saturated carbocycles. The van der Waals surface area contributed by atoms with Crippen molar-refractivity contribution < 1.29 is 5.11 Å². The molecular weight excluding hydrogens is 322 g/mol. The van der Waals surface area contributed by atoms with Crippen LogP contribution in [0.1, 0.15) is 47.4 Å². The highest BCUT2D eigenvalue weighted by Gasteiger charge is 2.25. The van der Waals surface area contributed by atoms with Gasteiger partial charge in [-0.15, -0.1) is 0 Å². The van der Waals surface area contributed by atoms with E-state index in [1.54, 1.807) is 0 Å². The van der Waals surface area contributed by atoms with Gasteiger partial charge in [-0.25, -0.2) is 4.98 Å². The maximum atomic E-state index is 10.8. The number of fused-ring (bicyclic) bond motifs is 1. The lowest BCUT2D eigenvalue weighted by molar-refractivity contribution is 0.0942. The van der Waals surface area contributed by atoms with E-state index in [2.05, 4.69) is 54.1 Å². The summed E-state index contributed by atoms with van der Waals surface area (Å²) >= 11 is 0. The van der Waals surface area contributed by atoms with Gasteiger partial charge in [0.1, 0.15) is 5.82 Å². The van der Waals surface area contributed by atoms with E-state index in [-0.39, 0.29) is 0 Å². The molecule has 2 atom stereocenters. The van der Waals surface area contributed by atoms with Crippen LogP contribution < -0.4 is 0 Å². The van der Waals surface area contributed by atoms with E-state index < -0.39 is 6.10 Å². The Morgan fingerprint density at radius 2 is 2.08 bits per heavy atom. The predicted octanol–water partition coefficient (Wildman–Crippen LogP) is 4.09. The highest BCUT2D eigenvalue weighted by atomic mass is 16.3. The van der Waals surface area contributed by atoms with Crippen LogP contribution in [0.25, 0.3) is 11.0 Å². The lowest BCUT2D eigenvalue weighted by atomic mass is 9.95. The van der Waals surface area contributed by atoms with Gasteiger partial charge in [-0.3, -0.25) is 4.90 Å². The third kappa shape index (κ3) is 3.53. The lowest BCUT2D eigenvalue weighted by Gasteiger charge is -2.33. The first-order valence-corrected chi connectivity index (χ1v) is 9.52. The first-order chi connectivity index (χ1) is 12.6. The molecule has 0 radical (unpaired) electrons. The average Bonchev–Trinajstić information content (AvgIpc) is 3.08. The minimum absolute atomic E-state index is 0.405. The van der Waals surface area contributed by atoms with Gasteiger partial charge in [-0.2, -0.15) is 0 Å². The quantitative estimate of drug-likeness (QED) is 0.746. The molecule has 0 aliphatic carbocycles. The molecule has 2 aromatic carbocycles. The molecule has 0 bridgehead atoms. The van der Waals surface area contributed by atoms with Crippen molar-refractivity contribution >= 4 is 11.0 Å². The molecule has 0 unspecified atom stereocenters. The van der Waals surface area contributed by atoms with Gasteiger partial charge in [0.2, 0.25) is 0 Å². The number of aromatic nitrogens is 2. The third-order valence-corrected chi connectivity index (χ3v) is 5.52. The number of imidazole rings is 1. The van der Waals surface area contributed by atoms with Crippen molar-refractivity contribution in [2.75, 3.05) is 19.6 Å². The van der Waals surface area contributed by atoms with Gasteiger partial charge in [0, 0.05) is 19.0 Å². The second-order valence-electron chi connectivity index (χ2n) is 7.61. The number of rotatable bonds is 4. The summed E-state index contributed by atoms with van der Waals surface area (Å²) in [4.78, 5) is 10.7. The van der Waals surface area contributed by atoms with E-state index in [0.717, 1.165) is 53.9 Å². The zero-order chi connectivity index (χ0) is 18.1. The summed E-state index contributed by atoms with van der Waals surface area (Å²) in [6.07, 6.45) is 1.85. The number of H-pyrrole nitrogens is 1. The number of likely N-dealkylation sites (tertiary alicyclic amines) is 1. The molecule has 4 nitrogen and oxygen atoms in total. The van der Waals surface area contributed by atoms with Gasteiger partial charge < -0.3 is 10.1 Å². The van der Waals surface area contributed by atoms with Crippen LogP contribution in [0.15, 0.2) is 42.5 Å². The number of aliphatic hydroxyl groups is 1. The molecule has 1 fully saturated rings. The minimum atomic E-state index is -0.440. The third-order valence-electron chi connectivity index (χ3n) is 5.52. The number of benzene rings is 2. The Labute approximate surface area is 154 Å². The van der Waals surface area contributed by atoms with Gasteiger partial charge in [-0.05, 0) is 56.5 Å². The molecule has 0 amide bonds. The van der Waals surface area contributed by atoms with Gasteiger partial charge in [0.15, 0.2) is 0 Å². The minimum Gasteiger partial charge on any atom is -0.387 e. The summed E-state index contributed by atoms with van der Waals surface area (Å²) in [6, 6.07) is 14.5. The summed E-state index contributed by atoms with van der Waals surface area (Å²) < 4.78 is 0. The molecule has 3 aromatic rings. The smallest absolute Gasteiger partial charge is 0.111 e. The van der Waals surface area contributed by atoms with Gasteiger partial charge >= 0.3 is 0 Å². The molecule has 1 aromatic heterocycles. The Kier molecular flexibility index (Phi) is 4.79. The highest BCUT2D eigenvalue weighted by molar-refractivity contribution is 5.74. The van der Waals surface area contributed by atoms with Crippen LogP contribution in [0.3, 0.4) is 0 Å². The van der Waals surface area contributed by atoms with Crippen LogP contribution >= 0.6 is 0 Å². The second kappa shape index (κ2) is 7.22. The Bertz CT molecular complexity index is 868. The maximum Gasteiger partial charge on any atom is 0.111 e. The Balaban J connectivity index is 1.47. The van der Waals surface area contributed by atoms with Crippen molar-refractivity contribution in [2.45, 2.75) is 38.7 Å². The number of aromatic amines is 1. The summed E-state index contributed by atoms with van der Waals surface area (Å²) in [5.41, 5.74) is 5.55. The number of nitrogens with zero attached hydrogens (tertiary/aromatic N) is 2. The summed E-state index contributed by atoms with van der Waals surface area (Å²) in [5, 5.41) is 10.8. The van der Waals surface area contributed by atoms with Crippen molar-refractivity contribution in [3.63, 3.8) is 0 Å². The number of nitrogens with one attached hydrogen (secondary N) is 1. The Hall–Kier alpha value is -2.17. The monoisotopic (exact) mass is 349 g/mol. The number of hydrogen-bond donors (Lipinski definition) is 2. The largest absolute Gasteiger partial charge is 0.387 e. The topological polar surface area (TPSA) is 52.1 Å².